The van der Waals surface area contributed by atoms with E-state index in [0.717, 1.165) is 35.0 Å². The summed E-state index contributed by atoms with van der Waals surface area (Å²) in [6.45, 7) is 6.43. The highest BCUT2D eigenvalue weighted by Crippen LogP contribution is 2.21. The molecule has 110 valence electrons. The molecule has 0 saturated heterocycles. The van der Waals surface area contributed by atoms with Gasteiger partial charge < -0.3 is 10.6 Å². The zero-order chi connectivity index (χ0) is 14.8. The highest BCUT2D eigenvalue weighted by molar-refractivity contribution is 7.13. The Balaban J connectivity index is 1.77. The second-order valence-corrected chi connectivity index (χ2v) is 6.63. The summed E-state index contributed by atoms with van der Waals surface area (Å²) in [5, 5.41) is 6.39. The van der Waals surface area contributed by atoms with Crippen LogP contribution in [-0.4, -0.2) is 17.4 Å². The molecule has 21 heavy (non-hydrogen) atoms. The van der Waals surface area contributed by atoms with Gasteiger partial charge in [-0.1, -0.05) is 0 Å². The molecular weight excluding hydrogens is 282 g/mol. The fraction of sp³-hybridized carbons (Fsp3) is 0.375. The van der Waals surface area contributed by atoms with Crippen molar-refractivity contribution in [3.63, 3.8) is 0 Å². The maximum absolute atomic E-state index is 12.2. The minimum atomic E-state index is -0.000891. The third-order valence-corrected chi connectivity index (χ3v) is 4.86. The second-order valence-electron chi connectivity index (χ2n) is 5.35. The van der Waals surface area contributed by atoms with Crippen LogP contribution in [0.4, 0.5) is 0 Å². The number of aryl methyl sites for hydroxylation is 2. The third kappa shape index (κ3) is 2.99. The molecule has 0 atom stereocenters. The molecule has 0 saturated carbocycles. The van der Waals surface area contributed by atoms with E-state index in [2.05, 4.69) is 15.6 Å². The van der Waals surface area contributed by atoms with Gasteiger partial charge in [-0.25, -0.2) is 0 Å². The Kier molecular flexibility index (Phi) is 4.03. The highest BCUT2D eigenvalue weighted by Gasteiger charge is 2.16. The number of carbonyl (C=O) groups is 1. The van der Waals surface area contributed by atoms with Crippen molar-refractivity contribution >= 4 is 17.2 Å². The first kappa shape index (κ1) is 14.2. The van der Waals surface area contributed by atoms with Crippen LogP contribution in [0.25, 0.3) is 0 Å². The average molecular weight is 301 g/mol. The van der Waals surface area contributed by atoms with Crippen molar-refractivity contribution in [3.05, 3.63) is 50.5 Å². The van der Waals surface area contributed by atoms with Crippen molar-refractivity contribution in [2.75, 3.05) is 6.54 Å². The van der Waals surface area contributed by atoms with Gasteiger partial charge in [0, 0.05) is 29.9 Å². The Bertz CT molecular complexity index is 678. The zero-order valence-corrected chi connectivity index (χ0v) is 13.1. The topological polar surface area (TPSA) is 54.0 Å². The molecule has 3 rings (SSSR count). The van der Waals surface area contributed by atoms with E-state index in [0.29, 0.717) is 6.54 Å². The SMILES string of the molecule is Cc1ccc(C(=O)NCc2c(C)ncc3c2CCNC3)s1. The number of hydrogen-bond acceptors (Lipinski definition) is 4. The molecule has 0 bridgehead atoms. The van der Waals surface area contributed by atoms with Crippen LogP contribution in [0, 0.1) is 13.8 Å². The molecule has 0 aliphatic carbocycles. The van der Waals surface area contributed by atoms with E-state index in [1.54, 1.807) is 0 Å². The zero-order valence-electron chi connectivity index (χ0n) is 12.3. The summed E-state index contributed by atoms with van der Waals surface area (Å²) in [6.07, 6.45) is 2.95. The fourth-order valence-corrected chi connectivity index (χ4v) is 3.47. The lowest BCUT2D eigenvalue weighted by Gasteiger charge is -2.21. The van der Waals surface area contributed by atoms with Gasteiger partial charge >= 0.3 is 0 Å². The first-order valence-electron chi connectivity index (χ1n) is 7.16. The maximum atomic E-state index is 12.2. The molecule has 0 aromatic carbocycles. The monoisotopic (exact) mass is 301 g/mol. The molecule has 3 heterocycles. The molecule has 0 spiro atoms. The number of nitrogens with zero attached hydrogens (tertiary/aromatic N) is 1. The summed E-state index contributed by atoms with van der Waals surface area (Å²) in [5.74, 6) is -0.000891. The van der Waals surface area contributed by atoms with E-state index in [1.807, 2.05) is 32.2 Å². The van der Waals surface area contributed by atoms with Crippen LogP contribution in [0.15, 0.2) is 18.3 Å². The summed E-state index contributed by atoms with van der Waals surface area (Å²) < 4.78 is 0. The normalized spacial score (nSPS) is 13.8. The van der Waals surface area contributed by atoms with Gasteiger partial charge in [0.05, 0.1) is 4.88 Å². The maximum Gasteiger partial charge on any atom is 0.261 e. The second kappa shape index (κ2) is 5.95. The summed E-state index contributed by atoms with van der Waals surface area (Å²) >= 11 is 1.53. The Morgan fingerprint density at radius 3 is 3.05 bits per heavy atom. The Morgan fingerprint density at radius 1 is 1.43 bits per heavy atom. The van der Waals surface area contributed by atoms with Gasteiger partial charge in [-0.15, -0.1) is 11.3 Å². The van der Waals surface area contributed by atoms with Crippen molar-refractivity contribution in [3.8, 4) is 0 Å². The van der Waals surface area contributed by atoms with Crippen LogP contribution in [0.5, 0.6) is 0 Å². The number of carbonyl (C=O) groups excluding carboxylic acids is 1. The number of nitrogens with one attached hydrogen (secondary N) is 2. The van der Waals surface area contributed by atoms with E-state index < -0.39 is 0 Å². The molecule has 2 aromatic heterocycles. The van der Waals surface area contributed by atoms with Gasteiger partial charge in [0.15, 0.2) is 0 Å². The van der Waals surface area contributed by atoms with Gasteiger partial charge in [-0.3, -0.25) is 9.78 Å². The van der Waals surface area contributed by atoms with Crippen LogP contribution in [-0.2, 0) is 19.5 Å². The number of rotatable bonds is 3. The fourth-order valence-electron chi connectivity index (χ4n) is 2.69. The first-order chi connectivity index (χ1) is 10.1. The smallest absolute Gasteiger partial charge is 0.261 e. The standard InChI is InChI=1S/C16H19N3OS/c1-10-3-4-15(21-10)16(20)19-9-14-11(2)18-8-12-7-17-6-5-13(12)14/h3-4,8,17H,5-7,9H2,1-2H3,(H,19,20). The quantitative estimate of drug-likeness (QED) is 0.915. The predicted octanol–water partition coefficient (Wildman–Crippen LogP) is 2.34. The molecular formula is C16H19N3OS. The lowest BCUT2D eigenvalue weighted by Crippen LogP contribution is -2.28. The predicted molar refractivity (Wildman–Crippen MR) is 84.6 cm³/mol. The molecule has 1 amide bonds. The van der Waals surface area contributed by atoms with Crippen LogP contribution in [0.3, 0.4) is 0 Å². The molecule has 2 aromatic rings. The van der Waals surface area contributed by atoms with Crippen molar-refractivity contribution in [1.82, 2.24) is 15.6 Å². The lowest BCUT2D eigenvalue weighted by molar-refractivity contribution is 0.0955. The largest absolute Gasteiger partial charge is 0.347 e. The lowest BCUT2D eigenvalue weighted by atomic mass is 9.96. The van der Waals surface area contributed by atoms with Crippen molar-refractivity contribution in [2.24, 2.45) is 0 Å². The summed E-state index contributed by atoms with van der Waals surface area (Å²) in [6, 6.07) is 3.85. The van der Waals surface area contributed by atoms with Crippen molar-refractivity contribution in [2.45, 2.75) is 33.4 Å². The first-order valence-corrected chi connectivity index (χ1v) is 7.98. The Hall–Kier alpha value is -1.72. The van der Waals surface area contributed by atoms with Crippen LogP contribution >= 0.6 is 11.3 Å². The van der Waals surface area contributed by atoms with Crippen LogP contribution < -0.4 is 10.6 Å². The minimum Gasteiger partial charge on any atom is -0.347 e. The van der Waals surface area contributed by atoms with Crippen LogP contribution in [0.2, 0.25) is 0 Å². The molecule has 5 heteroatoms. The molecule has 1 aliphatic heterocycles. The van der Waals surface area contributed by atoms with Gasteiger partial charge in [0.1, 0.15) is 0 Å². The van der Waals surface area contributed by atoms with E-state index in [1.165, 1.54) is 28.0 Å². The van der Waals surface area contributed by atoms with Crippen molar-refractivity contribution in [1.29, 1.82) is 0 Å². The van der Waals surface area contributed by atoms with Gasteiger partial charge in [-0.2, -0.15) is 0 Å². The van der Waals surface area contributed by atoms with E-state index in [9.17, 15) is 4.79 Å². The minimum absolute atomic E-state index is 0.000891. The van der Waals surface area contributed by atoms with E-state index >= 15 is 0 Å². The Morgan fingerprint density at radius 2 is 2.29 bits per heavy atom. The summed E-state index contributed by atoms with van der Waals surface area (Å²) in [4.78, 5) is 18.6. The summed E-state index contributed by atoms with van der Waals surface area (Å²) in [7, 11) is 0. The number of fused-ring (bicyclic) bond motifs is 1. The molecule has 2 N–H and O–H groups in total. The molecule has 4 nitrogen and oxygen atoms in total. The number of aromatic nitrogens is 1. The average Bonchev–Trinajstić information content (AvgIpc) is 2.92. The van der Waals surface area contributed by atoms with Gasteiger partial charge in [0.2, 0.25) is 0 Å². The third-order valence-electron chi connectivity index (χ3n) is 3.86. The number of pyridine rings is 1. The van der Waals surface area contributed by atoms with E-state index in [-0.39, 0.29) is 5.91 Å². The molecule has 0 radical (unpaired) electrons. The number of thiophene rings is 1. The Labute approximate surface area is 128 Å². The molecule has 0 unspecified atom stereocenters. The van der Waals surface area contributed by atoms with Crippen LogP contribution in [0.1, 0.15) is 36.9 Å². The molecule has 1 aliphatic rings. The van der Waals surface area contributed by atoms with E-state index in [4.69, 9.17) is 0 Å². The van der Waals surface area contributed by atoms with Gasteiger partial charge in [0.25, 0.3) is 5.91 Å². The number of amides is 1. The molecule has 0 fully saturated rings. The summed E-state index contributed by atoms with van der Waals surface area (Å²) in [5.41, 5.74) is 4.79. The van der Waals surface area contributed by atoms with Gasteiger partial charge in [-0.05, 0) is 55.6 Å². The van der Waals surface area contributed by atoms with Crippen molar-refractivity contribution < 1.29 is 4.79 Å². The highest BCUT2D eigenvalue weighted by atomic mass is 32.1. The number of hydrogen-bond donors (Lipinski definition) is 2.